The zero-order valence-electron chi connectivity index (χ0n) is 19.0. The van der Waals surface area contributed by atoms with Crippen molar-refractivity contribution in [2.45, 2.75) is 31.7 Å². The minimum absolute atomic E-state index is 0.0865. The van der Waals surface area contributed by atoms with Crippen molar-refractivity contribution >= 4 is 35.2 Å². The molecule has 0 spiro atoms. The first-order valence-electron chi connectivity index (χ1n) is 10.9. The van der Waals surface area contributed by atoms with Gasteiger partial charge in [0.25, 0.3) is 0 Å². The van der Waals surface area contributed by atoms with Crippen LogP contribution in [0.3, 0.4) is 0 Å². The highest BCUT2D eigenvalue weighted by Crippen LogP contribution is 2.22. The van der Waals surface area contributed by atoms with E-state index >= 15 is 0 Å². The zero-order valence-corrected chi connectivity index (χ0v) is 20.5. The van der Waals surface area contributed by atoms with Crippen LogP contribution in [-0.4, -0.2) is 35.6 Å². The highest BCUT2D eigenvalue weighted by molar-refractivity contribution is 7.99. The van der Waals surface area contributed by atoms with E-state index in [0.29, 0.717) is 11.4 Å². The van der Waals surface area contributed by atoms with Gasteiger partial charge in [-0.25, -0.2) is 0 Å². The maximum atomic E-state index is 13.4. The Morgan fingerprint density at radius 2 is 1.61 bits per heavy atom. The van der Waals surface area contributed by atoms with Crippen molar-refractivity contribution < 1.29 is 9.59 Å². The third kappa shape index (κ3) is 7.37. The van der Waals surface area contributed by atoms with E-state index < -0.39 is 6.04 Å². The van der Waals surface area contributed by atoms with Gasteiger partial charge in [-0.2, -0.15) is 0 Å². The fourth-order valence-electron chi connectivity index (χ4n) is 3.55. The van der Waals surface area contributed by atoms with Gasteiger partial charge in [-0.15, -0.1) is 11.8 Å². The number of rotatable bonds is 10. The lowest BCUT2D eigenvalue weighted by molar-refractivity contribution is -0.139. The van der Waals surface area contributed by atoms with Crippen LogP contribution in [0.4, 0.5) is 0 Å². The van der Waals surface area contributed by atoms with E-state index in [9.17, 15) is 9.59 Å². The molecule has 0 aliphatic heterocycles. The van der Waals surface area contributed by atoms with Crippen molar-refractivity contribution in [1.29, 1.82) is 0 Å². The molecule has 0 aliphatic rings. The van der Waals surface area contributed by atoms with Gasteiger partial charge in [-0.1, -0.05) is 90.0 Å². The third-order valence-electron chi connectivity index (χ3n) is 5.43. The van der Waals surface area contributed by atoms with Crippen LogP contribution in [0.2, 0.25) is 5.02 Å². The first kappa shape index (κ1) is 24.9. The number of thioether (sulfide) groups is 1. The van der Waals surface area contributed by atoms with Crippen molar-refractivity contribution in [2.24, 2.45) is 0 Å². The van der Waals surface area contributed by atoms with Gasteiger partial charge in [0.15, 0.2) is 0 Å². The van der Waals surface area contributed by atoms with Crippen LogP contribution in [0.5, 0.6) is 0 Å². The summed E-state index contributed by atoms with van der Waals surface area (Å²) < 4.78 is 0. The number of benzene rings is 3. The zero-order chi connectivity index (χ0) is 23.6. The molecule has 1 N–H and O–H groups in total. The smallest absolute Gasteiger partial charge is 0.242 e. The van der Waals surface area contributed by atoms with Crippen LogP contribution in [0.25, 0.3) is 0 Å². The van der Waals surface area contributed by atoms with E-state index in [0.717, 1.165) is 16.9 Å². The molecule has 3 aromatic carbocycles. The Labute approximate surface area is 205 Å². The summed E-state index contributed by atoms with van der Waals surface area (Å²) in [4.78, 5) is 28.0. The minimum atomic E-state index is -0.638. The molecular formula is C27H29ClN2O2S. The van der Waals surface area contributed by atoms with E-state index in [1.807, 2.05) is 48.5 Å². The third-order valence-corrected chi connectivity index (χ3v) is 6.79. The first-order chi connectivity index (χ1) is 16.0. The van der Waals surface area contributed by atoms with Gasteiger partial charge in [0, 0.05) is 30.8 Å². The molecule has 0 aliphatic carbocycles. The molecule has 0 unspecified atom stereocenters. The molecule has 0 aromatic heterocycles. The Morgan fingerprint density at radius 3 is 2.27 bits per heavy atom. The molecule has 0 bridgehead atoms. The van der Waals surface area contributed by atoms with Gasteiger partial charge in [-0.3, -0.25) is 9.59 Å². The lowest BCUT2D eigenvalue weighted by Gasteiger charge is -2.31. The van der Waals surface area contributed by atoms with Crippen molar-refractivity contribution in [3.8, 4) is 0 Å². The lowest BCUT2D eigenvalue weighted by Crippen LogP contribution is -2.50. The van der Waals surface area contributed by atoms with Gasteiger partial charge in [0.05, 0.1) is 5.75 Å². The number of amides is 2. The number of hydrogen-bond donors (Lipinski definition) is 1. The number of likely N-dealkylation sites (N-methyl/N-ethyl adjacent to an activating group) is 1. The minimum Gasteiger partial charge on any atom is -0.357 e. The average molecular weight is 481 g/mol. The molecular weight excluding hydrogens is 452 g/mol. The quantitative estimate of drug-likeness (QED) is 0.430. The Kier molecular flexibility index (Phi) is 9.40. The Hall–Kier alpha value is -2.76. The predicted octanol–water partition coefficient (Wildman–Crippen LogP) is 5.27. The number of hydrogen-bond acceptors (Lipinski definition) is 3. The van der Waals surface area contributed by atoms with E-state index in [-0.39, 0.29) is 24.1 Å². The first-order valence-corrected chi connectivity index (χ1v) is 12.4. The molecule has 0 heterocycles. The molecule has 172 valence electrons. The van der Waals surface area contributed by atoms with Crippen LogP contribution < -0.4 is 5.32 Å². The Morgan fingerprint density at radius 1 is 0.939 bits per heavy atom. The molecule has 0 radical (unpaired) electrons. The number of halogens is 1. The second-order valence-corrected chi connectivity index (χ2v) is 9.30. The van der Waals surface area contributed by atoms with Crippen molar-refractivity contribution in [3.63, 3.8) is 0 Å². The molecule has 2 amide bonds. The molecule has 1 atom stereocenters. The second kappa shape index (κ2) is 12.5. The fraction of sp³-hybridized carbons (Fsp3) is 0.259. The van der Waals surface area contributed by atoms with E-state index in [4.69, 9.17) is 11.6 Å². The largest absolute Gasteiger partial charge is 0.357 e. The highest BCUT2D eigenvalue weighted by Gasteiger charge is 2.30. The summed E-state index contributed by atoms with van der Waals surface area (Å²) in [5.41, 5.74) is 4.19. The molecule has 3 aromatic rings. The molecule has 33 heavy (non-hydrogen) atoms. The maximum absolute atomic E-state index is 13.4. The monoisotopic (exact) mass is 480 g/mol. The van der Waals surface area contributed by atoms with Gasteiger partial charge < -0.3 is 10.2 Å². The van der Waals surface area contributed by atoms with Gasteiger partial charge in [0.1, 0.15) is 6.04 Å². The Bertz CT molecular complexity index is 1060. The summed E-state index contributed by atoms with van der Waals surface area (Å²) >= 11 is 7.96. The van der Waals surface area contributed by atoms with Crippen LogP contribution in [-0.2, 0) is 28.3 Å². The van der Waals surface area contributed by atoms with Crippen LogP contribution >= 0.6 is 23.4 Å². The predicted molar refractivity (Wildman–Crippen MR) is 137 cm³/mol. The number of nitrogens with zero attached hydrogens (tertiary/aromatic N) is 1. The number of carbonyl (C=O) groups is 2. The second-order valence-electron chi connectivity index (χ2n) is 7.91. The topological polar surface area (TPSA) is 49.4 Å². The SMILES string of the molecule is CNC(=O)[C@@H](Cc1ccccc1)N(Cc1ccccc1Cl)C(=O)CSCc1ccc(C)cc1. The molecule has 4 nitrogen and oxygen atoms in total. The van der Waals surface area contributed by atoms with Crippen molar-refractivity contribution in [1.82, 2.24) is 10.2 Å². The van der Waals surface area contributed by atoms with Crippen molar-refractivity contribution in [2.75, 3.05) is 12.8 Å². The summed E-state index contributed by atoms with van der Waals surface area (Å²) in [6, 6.07) is 24.9. The van der Waals surface area contributed by atoms with Crippen molar-refractivity contribution in [3.05, 3.63) is 106 Å². The van der Waals surface area contributed by atoms with Gasteiger partial charge >= 0.3 is 0 Å². The number of carbonyl (C=O) groups excluding carboxylic acids is 2. The maximum Gasteiger partial charge on any atom is 0.242 e. The van der Waals surface area contributed by atoms with Crippen LogP contribution in [0.15, 0.2) is 78.9 Å². The number of aryl methyl sites for hydroxylation is 1. The average Bonchev–Trinajstić information content (AvgIpc) is 2.83. The van der Waals surface area contributed by atoms with Crippen LogP contribution in [0.1, 0.15) is 22.3 Å². The molecule has 0 saturated carbocycles. The Balaban J connectivity index is 1.81. The molecule has 6 heteroatoms. The van der Waals surface area contributed by atoms with E-state index in [1.54, 1.807) is 29.8 Å². The summed E-state index contributed by atoms with van der Waals surface area (Å²) in [7, 11) is 1.60. The summed E-state index contributed by atoms with van der Waals surface area (Å²) in [5.74, 6) is 0.731. The summed E-state index contributed by atoms with van der Waals surface area (Å²) in [5, 5.41) is 3.32. The van der Waals surface area contributed by atoms with Crippen LogP contribution in [0, 0.1) is 6.92 Å². The number of nitrogens with one attached hydrogen (secondary N) is 1. The summed E-state index contributed by atoms with van der Waals surface area (Å²) in [6.45, 7) is 2.33. The van der Waals surface area contributed by atoms with Gasteiger partial charge in [0.2, 0.25) is 11.8 Å². The molecule has 0 fully saturated rings. The normalized spacial score (nSPS) is 11.6. The highest BCUT2D eigenvalue weighted by atomic mass is 35.5. The van der Waals surface area contributed by atoms with E-state index in [1.165, 1.54) is 11.1 Å². The molecule has 0 saturated heterocycles. The summed E-state index contributed by atoms with van der Waals surface area (Å²) in [6.07, 6.45) is 0.430. The standard InChI is InChI=1S/C27H29ClN2O2S/c1-20-12-14-22(15-13-20)18-33-19-26(31)30(17-23-10-6-7-11-24(23)28)25(27(32)29-2)16-21-8-4-3-5-9-21/h3-15,25H,16-19H2,1-2H3,(H,29,32)/t25-/m1/s1. The fourth-order valence-corrected chi connectivity index (χ4v) is 4.62. The van der Waals surface area contributed by atoms with Gasteiger partial charge in [-0.05, 0) is 29.7 Å². The van der Waals surface area contributed by atoms with E-state index in [2.05, 4.69) is 36.5 Å². The molecule has 3 rings (SSSR count). The lowest BCUT2D eigenvalue weighted by atomic mass is 10.0.